The summed E-state index contributed by atoms with van der Waals surface area (Å²) < 4.78 is 0. The Hall–Kier alpha value is -1.54. The molecule has 0 saturated carbocycles. The van der Waals surface area contributed by atoms with Crippen LogP contribution in [0.5, 0.6) is 0 Å². The summed E-state index contributed by atoms with van der Waals surface area (Å²) in [5, 5.41) is 3.98. The third-order valence-electron chi connectivity index (χ3n) is 3.70. The van der Waals surface area contributed by atoms with E-state index >= 15 is 0 Å². The van der Waals surface area contributed by atoms with Gasteiger partial charge in [0.2, 0.25) is 0 Å². The predicted octanol–water partition coefficient (Wildman–Crippen LogP) is 5.14. The summed E-state index contributed by atoms with van der Waals surface area (Å²) in [5.74, 6) is 0. The van der Waals surface area contributed by atoms with Crippen LogP contribution >= 0.6 is 11.6 Å². The Morgan fingerprint density at radius 1 is 1.00 bits per heavy atom. The zero-order valence-corrected chi connectivity index (χ0v) is 13.5. The van der Waals surface area contributed by atoms with Gasteiger partial charge in [0.05, 0.1) is 5.69 Å². The summed E-state index contributed by atoms with van der Waals surface area (Å²) in [6.07, 6.45) is 1.78. The molecule has 106 valence electrons. The number of nitrogens with one attached hydrogen (secondary N) is 1. The normalized spacial score (nSPS) is 12.3. The highest BCUT2D eigenvalue weighted by molar-refractivity contribution is 6.31. The van der Waals surface area contributed by atoms with Crippen molar-refractivity contribution >= 4 is 17.3 Å². The van der Waals surface area contributed by atoms with Crippen LogP contribution in [0.4, 0.5) is 5.69 Å². The Bertz CT molecular complexity index is 635. The average Bonchev–Trinajstić information content (AvgIpc) is 2.38. The first-order valence-electron chi connectivity index (χ1n) is 6.85. The van der Waals surface area contributed by atoms with Gasteiger partial charge in [0.1, 0.15) is 0 Å². The smallest absolute Gasteiger partial charge is 0.152 e. The molecule has 1 atom stereocenters. The van der Waals surface area contributed by atoms with Crippen molar-refractivity contribution in [3.63, 3.8) is 0 Å². The minimum Gasteiger partial charge on any atom is -0.376 e. The monoisotopic (exact) mass is 288 g/mol. The molecular formula is C17H21ClN2. The Kier molecular flexibility index (Phi) is 4.34. The fraction of sp³-hybridized carbons (Fsp3) is 0.353. The fourth-order valence-corrected chi connectivity index (χ4v) is 2.57. The minimum absolute atomic E-state index is 0.190. The SMILES string of the molecule is Cc1cnc(Cl)c(NC(C)c2cc(C)c(C)cc2C)c1. The fourth-order valence-electron chi connectivity index (χ4n) is 2.41. The van der Waals surface area contributed by atoms with Gasteiger partial charge in [-0.3, -0.25) is 0 Å². The van der Waals surface area contributed by atoms with Crippen molar-refractivity contribution in [2.45, 2.75) is 40.7 Å². The summed E-state index contributed by atoms with van der Waals surface area (Å²) in [5.41, 5.74) is 7.22. The number of hydrogen-bond donors (Lipinski definition) is 1. The van der Waals surface area contributed by atoms with Crippen LogP contribution in [0.3, 0.4) is 0 Å². The van der Waals surface area contributed by atoms with Crippen molar-refractivity contribution < 1.29 is 0 Å². The Morgan fingerprint density at radius 3 is 2.35 bits per heavy atom. The maximum atomic E-state index is 6.15. The first-order valence-corrected chi connectivity index (χ1v) is 7.22. The second-order valence-corrected chi connectivity index (χ2v) is 5.87. The van der Waals surface area contributed by atoms with E-state index < -0.39 is 0 Å². The minimum atomic E-state index is 0.190. The van der Waals surface area contributed by atoms with Crippen LogP contribution in [0, 0.1) is 27.7 Å². The third-order valence-corrected chi connectivity index (χ3v) is 4.00. The molecule has 20 heavy (non-hydrogen) atoms. The quantitative estimate of drug-likeness (QED) is 0.791. The highest BCUT2D eigenvalue weighted by Gasteiger charge is 2.12. The molecule has 2 rings (SSSR count). The molecule has 0 aliphatic carbocycles. The molecule has 0 radical (unpaired) electrons. The van der Waals surface area contributed by atoms with Crippen molar-refractivity contribution in [3.8, 4) is 0 Å². The van der Waals surface area contributed by atoms with E-state index in [1.807, 2.05) is 13.0 Å². The molecule has 0 spiro atoms. The molecule has 0 saturated heterocycles. The van der Waals surface area contributed by atoms with E-state index in [1.165, 1.54) is 22.3 Å². The first-order chi connectivity index (χ1) is 9.38. The maximum absolute atomic E-state index is 6.15. The molecule has 3 heteroatoms. The third kappa shape index (κ3) is 3.13. The lowest BCUT2D eigenvalue weighted by Gasteiger charge is -2.20. The lowest BCUT2D eigenvalue weighted by molar-refractivity contribution is 0.868. The number of halogens is 1. The van der Waals surface area contributed by atoms with Gasteiger partial charge in [0.15, 0.2) is 5.15 Å². The van der Waals surface area contributed by atoms with Crippen LogP contribution in [0.2, 0.25) is 5.15 Å². The molecule has 1 heterocycles. The van der Waals surface area contributed by atoms with Crippen molar-refractivity contribution in [2.24, 2.45) is 0 Å². The van der Waals surface area contributed by atoms with E-state index in [0.717, 1.165) is 11.3 Å². The molecular weight excluding hydrogens is 268 g/mol. The van der Waals surface area contributed by atoms with Gasteiger partial charge >= 0.3 is 0 Å². The van der Waals surface area contributed by atoms with Crippen molar-refractivity contribution in [3.05, 3.63) is 57.4 Å². The molecule has 1 N–H and O–H groups in total. The van der Waals surface area contributed by atoms with Crippen LogP contribution < -0.4 is 5.32 Å². The second kappa shape index (κ2) is 5.84. The molecule has 2 aromatic rings. The standard InChI is InChI=1S/C17H21ClN2/c1-10-6-16(17(18)19-9-10)20-14(5)15-8-12(3)11(2)7-13(15)4/h6-9,14,20H,1-5H3. The number of rotatable bonds is 3. The Balaban J connectivity index is 2.30. The summed E-state index contributed by atoms with van der Waals surface area (Å²) in [6, 6.07) is 6.70. The molecule has 1 aromatic carbocycles. The highest BCUT2D eigenvalue weighted by Crippen LogP contribution is 2.28. The number of benzene rings is 1. The summed E-state index contributed by atoms with van der Waals surface area (Å²) >= 11 is 6.15. The van der Waals surface area contributed by atoms with Crippen molar-refractivity contribution in [2.75, 3.05) is 5.32 Å². The lowest BCUT2D eigenvalue weighted by Crippen LogP contribution is -2.10. The van der Waals surface area contributed by atoms with E-state index in [4.69, 9.17) is 11.6 Å². The summed E-state index contributed by atoms with van der Waals surface area (Å²) in [4.78, 5) is 4.18. The van der Waals surface area contributed by atoms with E-state index in [-0.39, 0.29) is 6.04 Å². The van der Waals surface area contributed by atoms with Crippen LogP contribution in [-0.4, -0.2) is 4.98 Å². The molecule has 0 bridgehead atoms. The average molecular weight is 289 g/mol. The molecule has 0 aliphatic rings. The molecule has 0 aliphatic heterocycles. The number of hydrogen-bond acceptors (Lipinski definition) is 2. The number of pyridine rings is 1. The van der Waals surface area contributed by atoms with Crippen LogP contribution in [0.15, 0.2) is 24.4 Å². The van der Waals surface area contributed by atoms with Crippen LogP contribution in [-0.2, 0) is 0 Å². The highest BCUT2D eigenvalue weighted by atomic mass is 35.5. The van der Waals surface area contributed by atoms with Gasteiger partial charge in [0.25, 0.3) is 0 Å². The number of anilines is 1. The predicted molar refractivity (Wildman–Crippen MR) is 86.7 cm³/mol. The Morgan fingerprint density at radius 2 is 1.65 bits per heavy atom. The molecule has 2 nitrogen and oxygen atoms in total. The lowest BCUT2D eigenvalue weighted by atomic mass is 9.96. The summed E-state index contributed by atoms with van der Waals surface area (Å²) in [7, 11) is 0. The van der Waals surface area contributed by atoms with Gasteiger partial charge in [0, 0.05) is 12.2 Å². The number of aryl methyl sites for hydroxylation is 4. The summed E-state index contributed by atoms with van der Waals surface area (Å²) in [6.45, 7) is 10.6. The first kappa shape index (κ1) is 14.9. The van der Waals surface area contributed by atoms with Gasteiger partial charge < -0.3 is 5.32 Å². The van der Waals surface area contributed by atoms with E-state index in [2.05, 4.69) is 50.1 Å². The largest absolute Gasteiger partial charge is 0.376 e. The van der Waals surface area contributed by atoms with Crippen LogP contribution in [0.1, 0.15) is 40.8 Å². The van der Waals surface area contributed by atoms with Gasteiger partial charge in [-0.15, -0.1) is 0 Å². The molecule has 0 fully saturated rings. The molecule has 1 aromatic heterocycles. The van der Waals surface area contributed by atoms with Gasteiger partial charge in [-0.05, 0) is 68.5 Å². The number of aromatic nitrogens is 1. The second-order valence-electron chi connectivity index (χ2n) is 5.51. The van der Waals surface area contributed by atoms with Crippen molar-refractivity contribution in [1.82, 2.24) is 4.98 Å². The zero-order valence-electron chi connectivity index (χ0n) is 12.7. The van der Waals surface area contributed by atoms with Gasteiger partial charge in [-0.2, -0.15) is 0 Å². The van der Waals surface area contributed by atoms with E-state index in [0.29, 0.717) is 5.15 Å². The van der Waals surface area contributed by atoms with Crippen LogP contribution in [0.25, 0.3) is 0 Å². The van der Waals surface area contributed by atoms with Gasteiger partial charge in [-0.25, -0.2) is 4.98 Å². The van der Waals surface area contributed by atoms with Gasteiger partial charge in [-0.1, -0.05) is 23.7 Å². The molecule has 1 unspecified atom stereocenters. The molecule has 0 amide bonds. The van der Waals surface area contributed by atoms with E-state index in [1.54, 1.807) is 6.20 Å². The van der Waals surface area contributed by atoms with Crippen molar-refractivity contribution in [1.29, 1.82) is 0 Å². The zero-order chi connectivity index (χ0) is 14.9. The van der Waals surface area contributed by atoms with E-state index in [9.17, 15) is 0 Å². The topological polar surface area (TPSA) is 24.9 Å². The Labute approximate surface area is 126 Å². The number of nitrogens with zero attached hydrogens (tertiary/aromatic N) is 1. The maximum Gasteiger partial charge on any atom is 0.152 e.